The van der Waals surface area contributed by atoms with E-state index in [2.05, 4.69) is 10.3 Å². The summed E-state index contributed by atoms with van der Waals surface area (Å²) in [7, 11) is 1.72. The van der Waals surface area contributed by atoms with Crippen LogP contribution in [0.4, 0.5) is 5.69 Å². The van der Waals surface area contributed by atoms with Crippen molar-refractivity contribution in [2.24, 2.45) is 0 Å². The number of anilines is 1. The number of nitrogens with one attached hydrogen (secondary N) is 1. The fourth-order valence-corrected chi connectivity index (χ4v) is 3.35. The minimum atomic E-state index is -0.705. The average molecular weight is 412 g/mol. The van der Waals surface area contributed by atoms with Gasteiger partial charge in [0.1, 0.15) is 5.58 Å². The topological polar surface area (TPSA) is 108 Å². The summed E-state index contributed by atoms with van der Waals surface area (Å²) in [6.45, 7) is 5.76. The summed E-state index contributed by atoms with van der Waals surface area (Å²) in [5, 5.41) is 4.07. The number of pyridine rings is 1. The number of ether oxygens (including phenoxy) is 2. The van der Waals surface area contributed by atoms with Crippen LogP contribution in [0.5, 0.6) is 0 Å². The number of hydrogen-bond donors (Lipinski definition) is 1. The third-order valence-corrected chi connectivity index (χ3v) is 4.62. The number of aryl methyl sites for hydroxylation is 1. The van der Waals surface area contributed by atoms with Gasteiger partial charge >= 0.3 is 11.9 Å². The minimum Gasteiger partial charge on any atom is -0.461 e. The van der Waals surface area contributed by atoms with Gasteiger partial charge in [0.05, 0.1) is 24.1 Å². The first-order chi connectivity index (χ1) is 14.4. The van der Waals surface area contributed by atoms with Crippen molar-refractivity contribution in [3.05, 3.63) is 45.4 Å². The van der Waals surface area contributed by atoms with E-state index in [1.165, 1.54) is 0 Å². The molecule has 0 aliphatic rings. The lowest BCUT2D eigenvalue weighted by atomic mass is 9.99. The predicted molar refractivity (Wildman–Crippen MR) is 113 cm³/mol. The van der Waals surface area contributed by atoms with E-state index in [-0.39, 0.29) is 35.7 Å². The Morgan fingerprint density at radius 1 is 1.03 bits per heavy atom. The summed E-state index contributed by atoms with van der Waals surface area (Å²) in [6, 6.07) is 4.40. The van der Waals surface area contributed by atoms with Crippen LogP contribution in [0.1, 0.15) is 53.8 Å². The Morgan fingerprint density at radius 3 is 2.37 bits per heavy atom. The maximum atomic E-state index is 12.8. The number of rotatable bonds is 7. The number of carbonyl (C=O) groups is 2. The van der Waals surface area contributed by atoms with Gasteiger partial charge in [0, 0.05) is 29.8 Å². The predicted octanol–water partition coefficient (Wildman–Crippen LogP) is 3.69. The Kier molecular flexibility index (Phi) is 6.34. The van der Waals surface area contributed by atoms with Crippen molar-refractivity contribution in [3.63, 3.8) is 0 Å². The monoisotopic (exact) mass is 412 g/mol. The van der Waals surface area contributed by atoms with E-state index in [4.69, 9.17) is 13.9 Å². The number of carbonyl (C=O) groups excluding carboxylic acids is 2. The maximum Gasteiger partial charge on any atom is 0.374 e. The second-order valence-corrected chi connectivity index (χ2v) is 6.60. The van der Waals surface area contributed by atoms with Gasteiger partial charge in [0.15, 0.2) is 11.1 Å². The molecule has 0 aliphatic heterocycles. The second-order valence-electron chi connectivity index (χ2n) is 6.60. The van der Waals surface area contributed by atoms with Crippen LogP contribution in [0.25, 0.3) is 21.9 Å². The molecule has 1 N–H and O–H groups in total. The van der Waals surface area contributed by atoms with Crippen molar-refractivity contribution in [3.8, 4) is 0 Å². The van der Waals surface area contributed by atoms with E-state index in [9.17, 15) is 14.4 Å². The van der Waals surface area contributed by atoms with Gasteiger partial charge in [-0.3, -0.25) is 4.79 Å². The molecule has 8 nitrogen and oxygen atoms in total. The first-order valence-corrected chi connectivity index (χ1v) is 9.91. The van der Waals surface area contributed by atoms with Crippen LogP contribution < -0.4 is 10.7 Å². The van der Waals surface area contributed by atoms with Crippen molar-refractivity contribution in [1.29, 1.82) is 0 Å². The van der Waals surface area contributed by atoms with Gasteiger partial charge in [-0.15, -0.1) is 0 Å². The zero-order valence-electron chi connectivity index (χ0n) is 17.5. The van der Waals surface area contributed by atoms with Crippen molar-refractivity contribution in [2.45, 2.75) is 33.6 Å². The van der Waals surface area contributed by atoms with E-state index < -0.39 is 11.9 Å². The van der Waals surface area contributed by atoms with Crippen molar-refractivity contribution in [2.75, 3.05) is 25.6 Å². The fraction of sp³-hybridized carbons (Fsp3) is 0.364. The van der Waals surface area contributed by atoms with Crippen LogP contribution in [0.3, 0.4) is 0 Å². The molecule has 0 radical (unpaired) electrons. The van der Waals surface area contributed by atoms with Crippen molar-refractivity contribution < 1.29 is 23.5 Å². The number of aromatic nitrogens is 1. The first kappa shape index (κ1) is 21.3. The third kappa shape index (κ3) is 3.85. The molecule has 0 amide bonds. The molecule has 0 spiro atoms. The van der Waals surface area contributed by atoms with Crippen molar-refractivity contribution in [1.82, 2.24) is 4.98 Å². The Hall–Kier alpha value is -3.42. The zero-order chi connectivity index (χ0) is 21.8. The summed E-state index contributed by atoms with van der Waals surface area (Å²) in [5.74, 6) is -1.41. The highest BCUT2D eigenvalue weighted by molar-refractivity contribution is 6.06. The summed E-state index contributed by atoms with van der Waals surface area (Å²) in [4.78, 5) is 41.8. The molecule has 30 heavy (non-hydrogen) atoms. The molecule has 158 valence electrons. The lowest BCUT2D eigenvalue weighted by Gasteiger charge is -2.14. The van der Waals surface area contributed by atoms with E-state index in [1.807, 2.05) is 6.92 Å². The largest absolute Gasteiger partial charge is 0.461 e. The summed E-state index contributed by atoms with van der Waals surface area (Å²) in [5.41, 5.74) is 1.87. The van der Waals surface area contributed by atoms with Crippen LogP contribution in [0, 0.1) is 0 Å². The lowest BCUT2D eigenvalue weighted by Crippen LogP contribution is -2.12. The highest BCUT2D eigenvalue weighted by Gasteiger charge is 2.21. The Bertz CT molecular complexity index is 1180. The molecule has 0 fully saturated rings. The molecular weight excluding hydrogens is 388 g/mol. The quantitative estimate of drug-likeness (QED) is 0.462. The molecule has 8 heteroatoms. The van der Waals surface area contributed by atoms with E-state index >= 15 is 0 Å². The molecule has 3 rings (SSSR count). The molecule has 0 bridgehead atoms. The Morgan fingerprint density at radius 2 is 1.73 bits per heavy atom. The van der Waals surface area contributed by atoms with E-state index in [0.717, 1.165) is 12.5 Å². The molecule has 0 unspecified atom stereocenters. The molecule has 0 atom stereocenters. The van der Waals surface area contributed by atoms with Crippen LogP contribution in [-0.2, 0) is 15.9 Å². The van der Waals surface area contributed by atoms with Gasteiger partial charge in [-0.25, -0.2) is 14.6 Å². The van der Waals surface area contributed by atoms with Gasteiger partial charge in [0.25, 0.3) is 0 Å². The number of esters is 2. The van der Waals surface area contributed by atoms with Gasteiger partial charge in [-0.2, -0.15) is 0 Å². The van der Waals surface area contributed by atoms with Crippen LogP contribution in [0.15, 0.2) is 27.4 Å². The van der Waals surface area contributed by atoms with Crippen LogP contribution in [0.2, 0.25) is 0 Å². The molecule has 3 aromatic rings. The molecule has 2 heterocycles. The Labute approximate surface area is 173 Å². The molecule has 0 aliphatic carbocycles. The number of benzene rings is 1. The standard InChI is InChI=1S/C22H24N2O6/c1-5-8-12-19-13(15(23-4)10-16(24-19)21(26)28-6-2)9-14-17(25)11-18(30-20(12)14)22(27)29-7-3/h9-11H,5-8H2,1-4H3,(H,23,24). The normalized spacial score (nSPS) is 10.9. The smallest absolute Gasteiger partial charge is 0.374 e. The number of nitrogens with zero attached hydrogens (tertiary/aromatic N) is 1. The average Bonchev–Trinajstić information content (AvgIpc) is 2.73. The summed E-state index contributed by atoms with van der Waals surface area (Å²) >= 11 is 0. The lowest BCUT2D eigenvalue weighted by molar-refractivity contribution is 0.0488. The minimum absolute atomic E-state index is 0.147. The highest BCUT2D eigenvalue weighted by atomic mass is 16.5. The third-order valence-electron chi connectivity index (χ3n) is 4.62. The summed E-state index contributed by atoms with van der Waals surface area (Å²) < 4.78 is 15.9. The van der Waals surface area contributed by atoms with Gasteiger partial charge < -0.3 is 19.2 Å². The number of hydrogen-bond acceptors (Lipinski definition) is 8. The molecule has 1 aromatic carbocycles. The number of fused-ring (bicyclic) bond motifs is 2. The van der Waals surface area contributed by atoms with Gasteiger partial charge in [0.2, 0.25) is 5.76 Å². The van der Waals surface area contributed by atoms with Gasteiger partial charge in [-0.05, 0) is 32.4 Å². The maximum absolute atomic E-state index is 12.8. The zero-order valence-corrected chi connectivity index (χ0v) is 17.5. The fourth-order valence-electron chi connectivity index (χ4n) is 3.35. The second kappa shape index (κ2) is 8.94. The van der Waals surface area contributed by atoms with E-state index in [0.29, 0.717) is 34.0 Å². The highest BCUT2D eigenvalue weighted by Crippen LogP contribution is 2.32. The Balaban J connectivity index is 2.41. The SMILES string of the molecule is CCCc1c2nc(C(=O)OCC)cc(NC)c2cc2c(=O)cc(C(=O)OCC)oc12. The molecule has 2 aromatic heterocycles. The molecular formula is C22H24N2O6. The summed E-state index contributed by atoms with van der Waals surface area (Å²) in [6.07, 6.45) is 1.27. The van der Waals surface area contributed by atoms with Crippen molar-refractivity contribution >= 4 is 39.5 Å². The van der Waals surface area contributed by atoms with Gasteiger partial charge in [-0.1, -0.05) is 13.3 Å². The van der Waals surface area contributed by atoms with E-state index in [1.54, 1.807) is 33.0 Å². The molecule has 0 saturated carbocycles. The van der Waals surface area contributed by atoms with Crippen LogP contribution >= 0.6 is 0 Å². The molecule has 0 saturated heterocycles. The van der Waals surface area contributed by atoms with Crippen LogP contribution in [-0.4, -0.2) is 37.2 Å². The first-order valence-electron chi connectivity index (χ1n) is 9.91.